The maximum Gasteiger partial charge on any atom is 0.126 e. The largest absolute Gasteiger partial charge is 0.496 e. The summed E-state index contributed by atoms with van der Waals surface area (Å²) in [7, 11) is 1.67. The van der Waals surface area contributed by atoms with Crippen LogP contribution in [0.25, 0.3) is 6.08 Å². The quantitative estimate of drug-likeness (QED) is 0.724. The molecule has 0 fully saturated rings. The van der Waals surface area contributed by atoms with Crippen LogP contribution in [0.15, 0.2) is 29.9 Å². The van der Waals surface area contributed by atoms with Gasteiger partial charge in [0.1, 0.15) is 5.75 Å². The Balaban J connectivity index is 2.85. The first-order valence-corrected chi connectivity index (χ1v) is 7.57. The lowest BCUT2D eigenvalue weighted by Gasteiger charge is -2.12. The van der Waals surface area contributed by atoms with E-state index in [0.717, 1.165) is 35.3 Å². The molecule has 1 unspecified atom stereocenters. The van der Waals surface area contributed by atoms with E-state index >= 15 is 0 Å². The number of hydrogen-bond acceptors (Lipinski definition) is 2. The van der Waals surface area contributed by atoms with Crippen molar-refractivity contribution in [3.63, 3.8) is 0 Å². The first-order chi connectivity index (χ1) is 9.97. The molecule has 0 aromatic heterocycles. The smallest absolute Gasteiger partial charge is 0.126 e. The summed E-state index contributed by atoms with van der Waals surface area (Å²) in [5.74, 6) is 1.32. The van der Waals surface area contributed by atoms with E-state index in [1.807, 2.05) is 19.1 Å². The van der Waals surface area contributed by atoms with Crippen LogP contribution in [0.2, 0.25) is 0 Å². The van der Waals surface area contributed by atoms with E-state index in [9.17, 15) is 5.11 Å². The van der Waals surface area contributed by atoms with Crippen molar-refractivity contribution in [2.45, 2.75) is 47.1 Å². The Hall–Kier alpha value is -1.54. The average molecular weight is 288 g/mol. The number of aryl methyl sites for hydroxylation is 1. The van der Waals surface area contributed by atoms with Crippen LogP contribution in [0.1, 0.15) is 50.3 Å². The van der Waals surface area contributed by atoms with Crippen molar-refractivity contribution >= 4 is 6.08 Å². The summed E-state index contributed by atoms with van der Waals surface area (Å²) >= 11 is 0. The van der Waals surface area contributed by atoms with Crippen molar-refractivity contribution in [1.29, 1.82) is 0 Å². The molecule has 0 radical (unpaired) electrons. The Bertz CT molecular complexity index is 483. The van der Waals surface area contributed by atoms with Crippen molar-refractivity contribution in [3.05, 3.63) is 46.5 Å². The molecule has 2 heteroatoms. The van der Waals surface area contributed by atoms with Gasteiger partial charge in [-0.25, -0.2) is 0 Å². The van der Waals surface area contributed by atoms with Gasteiger partial charge in [-0.05, 0) is 56.7 Å². The average Bonchev–Trinajstić information content (AvgIpc) is 2.44. The molecule has 0 bridgehead atoms. The van der Waals surface area contributed by atoms with E-state index < -0.39 is 0 Å². The standard InChI is InChI=1S/C19H28O2/c1-14(2)7-6-8-15(3)9-10-18-17(13-20)11-16(4)12-19(18)21-5/h7,9-12,15,20H,6,8,13H2,1-5H3/b10-9+. The summed E-state index contributed by atoms with van der Waals surface area (Å²) in [5, 5.41) is 9.53. The van der Waals surface area contributed by atoms with Gasteiger partial charge >= 0.3 is 0 Å². The molecule has 0 aliphatic heterocycles. The van der Waals surface area contributed by atoms with Gasteiger partial charge in [0.15, 0.2) is 0 Å². The zero-order valence-electron chi connectivity index (χ0n) is 13.9. The predicted octanol–water partition coefficient (Wildman–Crippen LogP) is 4.89. The SMILES string of the molecule is COc1cc(C)cc(CO)c1/C=C/C(C)CCC=C(C)C. The molecule has 1 aromatic rings. The maximum atomic E-state index is 9.53. The minimum Gasteiger partial charge on any atom is -0.496 e. The van der Waals surface area contributed by atoms with Gasteiger partial charge in [0.05, 0.1) is 13.7 Å². The van der Waals surface area contributed by atoms with Crippen LogP contribution in [0.4, 0.5) is 0 Å². The third kappa shape index (κ3) is 5.76. The summed E-state index contributed by atoms with van der Waals surface area (Å²) in [4.78, 5) is 0. The van der Waals surface area contributed by atoms with Crippen molar-refractivity contribution in [2.75, 3.05) is 7.11 Å². The molecular weight excluding hydrogens is 260 g/mol. The summed E-state index contributed by atoms with van der Waals surface area (Å²) in [6, 6.07) is 4.02. The Morgan fingerprint density at radius 3 is 2.62 bits per heavy atom. The summed E-state index contributed by atoms with van der Waals surface area (Å²) in [6.07, 6.45) is 8.79. The molecule has 0 saturated carbocycles. The first-order valence-electron chi connectivity index (χ1n) is 7.57. The number of methoxy groups -OCH3 is 1. The molecule has 0 aliphatic rings. The number of rotatable bonds is 7. The van der Waals surface area contributed by atoms with Crippen molar-refractivity contribution in [3.8, 4) is 5.75 Å². The fourth-order valence-corrected chi connectivity index (χ4v) is 2.32. The monoisotopic (exact) mass is 288 g/mol. The first kappa shape index (κ1) is 17.5. The topological polar surface area (TPSA) is 29.5 Å². The van der Waals surface area contributed by atoms with Gasteiger partial charge in [0.2, 0.25) is 0 Å². The highest BCUT2D eigenvalue weighted by molar-refractivity contribution is 5.62. The Morgan fingerprint density at radius 2 is 2.05 bits per heavy atom. The number of allylic oxidation sites excluding steroid dienone is 3. The normalized spacial score (nSPS) is 12.5. The van der Waals surface area contributed by atoms with Crippen LogP contribution in [0.3, 0.4) is 0 Å². The van der Waals surface area contributed by atoms with Gasteiger partial charge in [0.25, 0.3) is 0 Å². The van der Waals surface area contributed by atoms with E-state index in [1.165, 1.54) is 5.57 Å². The molecule has 1 N–H and O–H groups in total. The van der Waals surface area contributed by atoms with Crippen molar-refractivity contribution in [1.82, 2.24) is 0 Å². The predicted molar refractivity (Wildman–Crippen MR) is 90.5 cm³/mol. The highest BCUT2D eigenvalue weighted by Crippen LogP contribution is 2.27. The van der Waals surface area contributed by atoms with Crippen LogP contribution < -0.4 is 4.74 Å². The highest BCUT2D eigenvalue weighted by atomic mass is 16.5. The lowest BCUT2D eigenvalue weighted by molar-refractivity contribution is 0.280. The summed E-state index contributed by atoms with van der Waals surface area (Å²) < 4.78 is 5.44. The van der Waals surface area contributed by atoms with Crippen LogP contribution in [-0.2, 0) is 6.61 Å². The van der Waals surface area contributed by atoms with Gasteiger partial charge < -0.3 is 9.84 Å². The van der Waals surface area contributed by atoms with Crippen molar-refractivity contribution in [2.24, 2.45) is 5.92 Å². The highest BCUT2D eigenvalue weighted by Gasteiger charge is 2.07. The van der Waals surface area contributed by atoms with Crippen LogP contribution in [0.5, 0.6) is 5.75 Å². The van der Waals surface area contributed by atoms with Crippen LogP contribution in [0, 0.1) is 12.8 Å². The zero-order chi connectivity index (χ0) is 15.8. The maximum absolute atomic E-state index is 9.53. The second kappa shape index (κ2) is 8.68. The minimum atomic E-state index is 0.0316. The van der Waals surface area contributed by atoms with E-state index in [2.05, 4.69) is 39.0 Å². The number of aliphatic hydroxyl groups is 1. The Labute approximate surface area is 129 Å². The summed E-state index contributed by atoms with van der Waals surface area (Å²) in [5.41, 5.74) is 4.37. The molecule has 0 aliphatic carbocycles. The number of hydrogen-bond donors (Lipinski definition) is 1. The summed E-state index contributed by atoms with van der Waals surface area (Å²) in [6.45, 7) is 8.52. The molecule has 1 aromatic carbocycles. The lowest BCUT2D eigenvalue weighted by atomic mass is 9.99. The second-order valence-electron chi connectivity index (χ2n) is 5.89. The second-order valence-corrected chi connectivity index (χ2v) is 5.89. The van der Waals surface area contributed by atoms with E-state index in [-0.39, 0.29) is 6.61 Å². The van der Waals surface area contributed by atoms with Crippen LogP contribution >= 0.6 is 0 Å². The van der Waals surface area contributed by atoms with Gasteiger partial charge in [-0.15, -0.1) is 0 Å². The molecule has 0 heterocycles. The van der Waals surface area contributed by atoms with Gasteiger partial charge in [-0.3, -0.25) is 0 Å². The molecule has 116 valence electrons. The number of benzene rings is 1. The van der Waals surface area contributed by atoms with E-state index in [0.29, 0.717) is 5.92 Å². The lowest BCUT2D eigenvalue weighted by Crippen LogP contribution is -1.96. The van der Waals surface area contributed by atoms with E-state index in [4.69, 9.17) is 4.74 Å². The van der Waals surface area contributed by atoms with Crippen molar-refractivity contribution < 1.29 is 9.84 Å². The third-order valence-electron chi connectivity index (χ3n) is 3.53. The molecule has 2 nitrogen and oxygen atoms in total. The molecule has 0 amide bonds. The zero-order valence-corrected chi connectivity index (χ0v) is 13.9. The van der Waals surface area contributed by atoms with Gasteiger partial charge in [-0.2, -0.15) is 0 Å². The molecule has 0 spiro atoms. The van der Waals surface area contributed by atoms with Crippen LogP contribution in [-0.4, -0.2) is 12.2 Å². The fourth-order valence-electron chi connectivity index (χ4n) is 2.32. The molecule has 0 saturated heterocycles. The third-order valence-corrected chi connectivity index (χ3v) is 3.53. The molecule has 1 rings (SSSR count). The van der Waals surface area contributed by atoms with Gasteiger partial charge in [0, 0.05) is 5.56 Å². The number of aliphatic hydroxyl groups excluding tert-OH is 1. The molecular formula is C19H28O2. The minimum absolute atomic E-state index is 0.0316. The fraction of sp³-hybridized carbons (Fsp3) is 0.474. The van der Waals surface area contributed by atoms with Gasteiger partial charge in [-0.1, -0.05) is 36.8 Å². The van der Waals surface area contributed by atoms with E-state index in [1.54, 1.807) is 7.11 Å². The molecule has 1 atom stereocenters. The molecule has 21 heavy (non-hydrogen) atoms. The Morgan fingerprint density at radius 1 is 1.33 bits per heavy atom. The Kier molecular flexibility index (Phi) is 7.24. The number of ether oxygens (including phenoxy) is 1.